The van der Waals surface area contributed by atoms with Crippen molar-refractivity contribution in [3.05, 3.63) is 28.5 Å². The molecule has 0 saturated carbocycles. The summed E-state index contributed by atoms with van der Waals surface area (Å²) >= 11 is 3.27. The predicted octanol–water partition coefficient (Wildman–Crippen LogP) is 3.75. The van der Waals surface area contributed by atoms with Gasteiger partial charge in [-0.15, -0.1) is 0 Å². The van der Waals surface area contributed by atoms with E-state index >= 15 is 0 Å². The number of benzene rings is 1. The van der Waals surface area contributed by atoms with E-state index < -0.39 is 0 Å². The largest absolute Gasteiger partial charge is 0.491 e. The van der Waals surface area contributed by atoms with Gasteiger partial charge in [0.25, 0.3) is 0 Å². The highest BCUT2D eigenvalue weighted by molar-refractivity contribution is 9.10. The molecule has 1 aromatic rings. The molecule has 0 heterocycles. The number of ether oxygens (including phenoxy) is 1. The number of hydrogen-bond donors (Lipinski definition) is 1. The average molecular weight is 304 g/mol. The van der Waals surface area contributed by atoms with Gasteiger partial charge in [0, 0.05) is 12.6 Å². The van der Waals surface area contributed by atoms with Crippen LogP contribution in [0.15, 0.2) is 22.7 Å². The second kappa shape index (κ2) is 7.67. The van der Waals surface area contributed by atoms with E-state index in [1.165, 1.54) is 25.0 Å². The summed E-state index contributed by atoms with van der Waals surface area (Å²) in [5.41, 5.74) is 0. The molecule has 1 aromatic carbocycles. The molecule has 0 fully saturated rings. The molecule has 0 aromatic heterocycles. The summed E-state index contributed by atoms with van der Waals surface area (Å²) in [5.74, 6) is 0.412. The minimum Gasteiger partial charge on any atom is -0.491 e. The fraction of sp³-hybridized carbons (Fsp3) is 0.538. The van der Waals surface area contributed by atoms with Gasteiger partial charge in [-0.2, -0.15) is 0 Å². The molecule has 0 aliphatic heterocycles. The van der Waals surface area contributed by atoms with Crippen molar-refractivity contribution >= 4 is 15.9 Å². The molecule has 96 valence electrons. The van der Waals surface area contributed by atoms with Crippen molar-refractivity contribution in [1.82, 2.24) is 5.32 Å². The Labute approximate surface area is 111 Å². The van der Waals surface area contributed by atoms with Crippen LogP contribution >= 0.6 is 15.9 Å². The quantitative estimate of drug-likeness (QED) is 0.775. The van der Waals surface area contributed by atoms with Crippen LogP contribution in [0.3, 0.4) is 0 Å². The Balaban J connectivity index is 2.26. The van der Waals surface area contributed by atoms with Crippen LogP contribution in [-0.2, 0) is 0 Å². The first-order valence-electron chi connectivity index (χ1n) is 5.94. The van der Waals surface area contributed by atoms with Crippen LogP contribution in [0, 0.1) is 5.82 Å². The number of hydrogen-bond acceptors (Lipinski definition) is 2. The minimum atomic E-state index is -0.265. The highest BCUT2D eigenvalue weighted by Crippen LogP contribution is 2.25. The van der Waals surface area contributed by atoms with Crippen LogP contribution in [0.2, 0.25) is 0 Å². The molecule has 0 aliphatic rings. The number of nitrogens with one attached hydrogen (secondary N) is 1. The summed E-state index contributed by atoms with van der Waals surface area (Å²) in [6.07, 6.45) is 2.35. The van der Waals surface area contributed by atoms with Gasteiger partial charge in [-0.05, 0) is 47.5 Å². The van der Waals surface area contributed by atoms with E-state index in [1.807, 2.05) is 0 Å². The molecule has 17 heavy (non-hydrogen) atoms. The molecule has 1 unspecified atom stereocenters. The third-order valence-corrected chi connectivity index (χ3v) is 3.09. The minimum absolute atomic E-state index is 0.265. The van der Waals surface area contributed by atoms with Crippen molar-refractivity contribution in [2.45, 2.75) is 32.7 Å². The Morgan fingerprint density at radius 1 is 1.47 bits per heavy atom. The number of halogens is 2. The van der Waals surface area contributed by atoms with Gasteiger partial charge < -0.3 is 10.1 Å². The van der Waals surface area contributed by atoms with Gasteiger partial charge in [-0.25, -0.2) is 4.39 Å². The van der Waals surface area contributed by atoms with E-state index in [9.17, 15) is 4.39 Å². The third-order valence-electron chi connectivity index (χ3n) is 2.47. The lowest BCUT2D eigenvalue weighted by Gasteiger charge is -2.13. The first-order valence-corrected chi connectivity index (χ1v) is 6.74. The Morgan fingerprint density at radius 2 is 2.24 bits per heavy atom. The SMILES string of the molecule is CCCC(C)NCCOc1ccc(F)cc1Br. The van der Waals surface area contributed by atoms with Crippen molar-refractivity contribution in [1.29, 1.82) is 0 Å². The lowest BCUT2D eigenvalue weighted by atomic mass is 10.2. The van der Waals surface area contributed by atoms with Gasteiger partial charge in [-0.1, -0.05) is 13.3 Å². The smallest absolute Gasteiger partial charge is 0.133 e. The van der Waals surface area contributed by atoms with Gasteiger partial charge in [0.2, 0.25) is 0 Å². The Hall–Kier alpha value is -0.610. The van der Waals surface area contributed by atoms with E-state index in [1.54, 1.807) is 6.07 Å². The summed E-state index contributed by atoms with van der Waals surface area (Å²) in [4.78, 5) is 0. The molecule has 4 heteroatoms. The van der Waals surface area contributed by atoms with Gasteiger partial charge in [-0.3, -0.25) is 0 Å². The van der Waals surface area contributed by atoms with Crippen LogP contribution in [0.4, 0.5) is 4.39 Å². The van der Waals surface area contributed by atoms with E-state index in [0.29, 0.717) is 22.9 Å². The van der Waals surface area contributed by atoms with Gasteiger partial charge in [0.05, 0.1) is 4.47 Å². The van der Waals surface area contributed by atoms with E-state index in [0.717, 1.165) is 6.54 Å². The normalized spacial score (nSPS) is 12.5. The molecule has 0 amide bonds. The molecule has 1 atom stereocenters. The molecule has 1 N–H and O–H groups in total. The van der Waals surface area contributed by atoms with Crippen molar-refractivity contribution in [3.63, 3.8) is 0 Å². The fourth-order valence-corrected chi connectivity index (χ4v) is 2.06. The van der Waals surface area contributed by atoms with Crippen LogP contribution in [0.1, 0.15) is 26.7 Å². The molecule has 0 saturated heterocycles. The first kappa shape index (κ1) is 14.5. The molecular formula is C13H19BrFNO. The second-order valence-corrected chi connectivity index (χ2v) is 4.92. The van der Waals surface area contributed by atoms with E-state index in [2.05, 4.69) is 35.1 Å². The second-order valence-electron chi connectivity index (χ2n) is 4.07. The topological polar surface area (TPSA) is 21.3 Å². The highest BCUT2D eigenvalue weighted by Gasteiger charge is 2.03. The molecule has 0 aliphatic carbocycles. The van der Waals surface area contributed by atoms with Gasteiger partial charge in [0.15, 0.2) is 0 Å². The Kier molecular flexibility index (Phi) is 6.52. The maximum Gasteiger partial charge on any atom is 0.133 e. The number of rotatable bonds is 7. The summed E-state index contributed by atoms with van der Waals surface area (Å²) in [6.45, 7) is 5.71. The van der Waals surface area contributed by atoms with Crippen LogP contribution in [-0.4, -0.2) is 19.2 Å². The van der Waals surface area contributed by atoms with Crippen LogP contribution in [0.25, 0.3) is 0 Å². The van der Waals surface area contributed by atoms with Crippen molar-refractivity contribution in [2.24, 2.45) is 0 Å². The molecule has 0 radical (unpaired) electrons. The fourth-order valence-electron chi connectivity index (χ4n) is 1.59. The van der Waals surface area contributed by atoms with Crippen molar-refractivity contribution < 1.29 is 9.13 Å². The molecule has 0 bridgehead atoms. The van der Waals surface area contributed by atoms with E-state index in [-0.39, 0.29) is 5.82 Å². The third kappa shape index (κ3) is 5.50. The summed E-state index contributed by atoms with van der Waals surface area (Å²) in [5, 5.41) is 3.37. The summed E-state index contributed by atoms with van der Waals surface area (Å²) in [7, 11) is 0. The van der Waals surface area contributed by atoms with Crippen LogP contribution in [0.5, 0.6) is 5.75 Å². The molecule has 1 rings (SSSR count). The average Bonchev–Trinajstić information content (AvgIpc) is 2.27. The maximum atomic E-state index is 12.8. The van der Waals surface area contributed by atoms with Gasteiger partial charge >= 0.3 is 0 Å². The lowest BCUT2D eigenvalue weighted by Crippen LogP contribution is -2.30. The highest BCUT2D eigenvalue weighted by atomic mass is 79.9. The van der Waals surface area contributed by atoms with Gasteiger partial charge in [0.1, 0.15) is 18.2 Å². The summed E-state index contributed by atoms with van der Waals surface area (Å²) < 4.78 is 19.0. The Bertz CT molecular complexity index is 346. The van der Waals surface area contributed by atoms with E-state index in [4.69, 9.17) is 4.74 Å². The van der Waals surface area contributed by atoms with Crippen molar-refractivity contribution in [3.8, 4) is 5.75 Å². The lowest BCUT2D eigenvalue weighted by molar-refractivity contribution is 0.303. The van der Waals surface area contributed by atoms with Crippen LogP contribution < -0.4 is 10.1 Å². The Morgan fingerprint density at radius 3 is 2.88 bits per heavy atom. The zero-order valence-electron chi connectivity index (χ0n) is 10.3. The predicted molar refractivity (Wildman–Crippen MR) is 72.0 cm³/mol. The summed E-state index contributed by atoms with van der Waals surface area (Å²) in [6, 6.07) is 4.95. The molecule has 2 nitrogen and oxygen atoms in total. The monoisotopic (exact) mass is 303 g/mol. The standard InChI is InChI=1S/C13H19BrFNO/c1-3-4-10(2)16-7-8-17-13-6-5-11(15)9-12(13)14/h5-6,9-10,16H,3-4,7-8H2,1-2H3. The molecule has 0 spiro atoms. The molecular weight excluding hydrogens is 285 g/mol. The van der Waals surface area contributed by atoms with Crippen molar-refractivity contribution in [2.75, 3.05) is 13.2 Å². The zero-order chi connectivity index (χ0) is 12.7. The maximum absolute atomic E-state index is 12.8. The first-order chi connectivity index (χ1) is 8.13. The zero-order valence-corrected chi connectivity index (χ0v) is 11.9.